The van der Waals surface area contributed by atoms with Crippen molar-refractivity contribution < 1.29 is 0 Å². The second-order valence-electron chi connectivity index (χ2n) is 2.55. The van der Waals surface area contributed by atoms with Crippen LogP contribution in [0.25, 0.3) is 15.5 Å². The van der Waals surface area contributed by atoms with Gasteiger partial charge in [0.05, 0.1) is 11.1 Å². The lowest BCUT2D eigenvalue weighted by atomic mass is 10.4. The molecule has 3 aromatic rings. The maximum atomic E-state index is 4.26. The average Bonchev–Trinajstić information content (AvgIpc) is 2.79. The standard InChI is InChI=1S/C8H5N3S2/c1-2-7(12-3-1)6-4-9-8-11(6)10-5-13-8/h1-5H. The van der Waals surface area contributed by atoms with Crippen LogP contribution in [0.15, 0.2) is 29.2 Å². The summed E-state index contributed by atoms with van der Waals surface area (Å²) in [7, 11) is 0. The minimum absolute atomic E-state index is 0.948. The van der Waals surface area contributed by atoms with Gasteiger partial charge < -0.3 is 0 Å². The van der Waals surface area contributed by atoms with Crippen molar-refractivity contribution in [3.05, 3.63) is 29.2 Å². The molecule has 0 unspecified atom stereocenters. The van der Waals surface area contributed by atoms with Crippen LogP contribution >= 0.6 is 22.7 Å². The van der Waals surface area contributed by atoms with Gasteiger partial charge in [0.1, 0.15) is 11.2 Å². The van der Waals surface area contributed by atoms with Crippen molar-refractivity contribution in [1.29, 1.82) is 0 Å². The molecule has 0 fully saturated rings. The zero-order valence-corrected chi connectivity index (χ0v) is 8.18. The number of nitrogens with zero attached hydrogens (tertiary/aromatic N) is 3. The van der Waals surface area contributed by atoms with Crippen LogP contribution in [0.3, 0.4) is 0 Å². The summed E-state index contributed by atoms with van der Waals surface area (Å²) >= 11 is 3.25. The minimum Gasteiger partial charge on any atom is -0.225 e. The van der Waals surface area contributed by atoms with Crippen LogP contribution in [-0.2, 0) is 0 Å². The third-order valence-corrected chi connectivity index (χ3v) is 3.38. The van der Waals surface area contributed by atoms with Gasteiger partial charge in [-0.2, -0.15) is 5.10 Å². The zero-order chi connectivity index (χ0) is 8.67. The van der Waals surface area contributed by atoms with Gasteiger partial charge in [-0.25, -0.2) is 9.50 Å². The van der Waals surface area contributed by atoms with Gasteiger partial charge >= 0.3 is 0 Å². The Kier molecular flexibility index (Phi) is 1.47. The molecule has 3 aromatic heterocycles. The van der Waals surface area contributed by atoms with Gasteiger partial charge in [0.2, 0.25) is 4.96 Å². The third kappa shape index (κ3) is 1.01. The number of rotatable bonds is 1. The molecule has 3 rings (SSSR count). The van der Waals surface area contributed by atoms with E-state index in [1.807, 2.05) is 16.8 Å². The Morgan fingerprint density at radius 1 is 1.31 bits per heavy atom. The highest BCUT2D eigenvalue weighted by atomic mass is 32.1. The van der Waals surface area contributed by atoms with Crippen LogP contribution in [0.2, 0.25) is 0 Å². The van der Waals surface area contributed by atoms with Crippen molar-refractivity contribution in [2.45, 2.75) is 0 Å². The third-order valence-electron chi connectivity index (χ3n) is 1.80. The van der Waals surface area contributed by atoms with E-state index in [4.69, 9.17) is 0 Å². The number of imidazole rings is 1. The molecule has 0 atom stereocenters. The van der Waals surface area contributed by atoms with Gasteiger partial charge in [-0.05, 0) is 11.4 Å². The van der Waals surface area contributed by atoms with Crippen molar-refractivity contribution in [1.82, 2.24) is 14.6 Å². The molecule has 0 saturated heterocycles. The van der Waals surface area contributed by atoms with Crippen molar-refractivity contribution in [2.24, 2.45) is 0 Å². The van der Waals surface area contributed by atoms with Crippen LogP contribution < -0.4 is 0 Å². The summed E-state index contributed by atoms with van der Waals surface area (Å²) in [5.41, 5.74) is 2.88. The molecule has 3 heterocycles. The SMILES string of the molecule is c1csc(-c2cnc3scnn23)c1. The van der Waals surface area contributed by atoms with Gasteiger partial charge in [0.25, 0.3) is 0 Å². The first-order valence-electron chi connectivity index (χ1n) is 3.76. The first-order valence-corrected chi connectivity index (χ1v) is 5.52. The van der Waals surface area contributed by atoms with Gasteiger partial charge in [-0.3, -0.25) is 0 Å². The molecule has 0 amide bonds. The Bertz CT molecular complexity index is 520. The quantitative estimate of drug-likeness (QED) is 0.613. The highest BCUT2D eigenvalue weighted by molar-refractivity contribution is 7.15. The maximum Gasteiger partial charge on any atom is 0.212 e. The summed E-state index contributed by atoms with van der Waals surface area (Å²) in [6.45, 7) is 0. The number of hydrogen-bond donors (Lipinski definition) is 0. The van der Waals surface area contributed by atoms with Crippen molar-refractivity contribution >= 4 is 27.6 Å². The summed E-state index contributed by atoms with van der Waals surface area (Å²) in [6, 6.07) is 4.11. The van der Waals surface area contributed by atoms with Crippen molar-refractivity contribution in [3.63, 3.8) is 0 Å². The van der Waals surface area contributed by atoms with E-state index < -0.39 is 0 Å². The predicted molar refractivity (Wildman–Crippen MR) is 54.2 cm³/mol. The number of hydrogen-bond acceptors (Lipinski definition) is 4. The fourth-order valence-electron chi connectivity index (χ4n) is 1.23. The van der Waals surface area contributed by atoms with E-state index in [9.17, 15) is 0 Å². The molecule has 0 N–H and O–H groups in total. The highest BCUT2D eigenvalue weighted by Gasteiger charge is 2.07. The fourth-order valence-corrected chi connectivity index (χ4v) is 2.55. The topological polar surface area (TPSA) is 30.2 Å². The normalized spacial score (nSPS) is 11.1. The van der Waals surface area contributed by atoms with E-state index in [0.717, 1.165) is 10.7 Å². The van der Waals surface area contributed by atoms with E-state index in [2.05, 4.69) is 21.5 Å². The molecule has 0 radical (unpaired) electrons. The van der Waals surface area contributed by atoms with Gasteiger partial charge in [-0.1, -0.05) is 17.4 Å². The molecule has 5 heteroatoms. The van der Waals surface area contributed by atoms with E-state index >= 15 is 0 Å². The monoisotopic (exact) mass is 207 g/mol. The van der Waals surface area contributed by atoms with E-state index in [1.54, 1.807) is 28.2 Å². The molecular formula is C8H5N3S2. The highest BCUT2D eigenvalue weighted by Crippen LogP contribution is 2.25. The van der Waals surface area contributed by atoms with E-state index in [-0.39, 0.29) is 0 Å². The maximum absolute atomic E-state index is 4.26. The predicted octanol–water partition coefficient (Wildman–Crippen LogP) is 2.52. The van der Waals surface area contributed by atoms with Gasteiger partial charge in [0, 0.05) is 0 Å². The number of aromatic nitrogens is 3. The van der Waals surface area contributed by atoms with Crippen molar-refractivity contribution in [3.8, 4) is 10.6 Å². The first kappa shape index (κ1) is 7.23. The summed E-state index contributed by atoms with van der Waals surface area (Å²) < 4.78 is 1.87. The Morgan fingerprint density at radius 2 is 2.31 bits per heavy atom. The van der Waals surface area contributed by atoms with Crippen LogP contribution in [0.4, 0.5) is 0 Å². The lowest BCUT2D eigenvalue weighted by Crippen LogP contribution is -1.83. The van der Waals surface area contributed by atoms with Gasteiger partial charge in [0.15, 0.2) is 0 Å². The molecule has 0 aromatic carbocycles. The summed E-state index contributed by atoms with van der Waals surface area (Å²) in [5, 5.41) is 6.27. The molecule has 0 aliphatic rings. The first-order chi connectivity index (χ1) is 6.45. The molecule has 3 nitrogen and oxygen atoms in total. The molecule has 13 heavy (non-hydrogen) atoms. The molecular weight excluding hydrogens is 202 g/mol. The summed E-state index contributed by atoms with van der Waals surface area (Å²) in [5.74, 6) is 0. The van der Waals surface area contributed by atoms with E-state index in [0.29, 0.717) is 0 Å². The van der Waals surface area contributed by atoms with Crippen LogP contribution in [0.1, 0.15) is 0 Å². The largest absolute Gasteiger partial charge is 0.225 e. The van der Waals surface area contributed by atoms with Crippen LogP contribution in [0, 0.1) is 0 Å². The molecule has 0 aliphatic carbocycles. The Morgan fingerprint density at radius 3 is 3.15 bits per heavy atom. The number of thiophene rings is 1. The fraction of sp³-hybridized carbons (Fsp3) is 0. The second-order valence-corrected chi connectivity index (χ2v) is 4.31. The summed E-state index contributed by atoms with van der Waals surface area (Å²) in [4.78, 5) is 6.41. The Labute approximate surface area is 82.3 Å². The average molecular weight is 207 g/mol. The van der Waals surface area contributed by atoms with Crippen molar-refractivity contribution in [2.75, 3.05) is 0 Å². The second kappa shape index (κ2) is 2.65. The number of fused-ring (bicyclic) bond motifs is 1. The lowest BCUT2D eigenvalue weighted by Gasteiger charge is -1.90. The molecule has 0 spiro atoms. The molecule has 0 bridgehead atoms. The lowest BCUT2D eigenvalue weighted by molar-refractivity contribution is 0.983. The summed E-state index contributed by atoms with van der Waals surface area (Å²) in [6.07, 6.45) is 1.87. The van der Waals surface area contributed by atoms with E-state index in [1.165, 1.54) is 4.88 Å². The Balaban J connectivity index is 2.33. The zero-order valence-electron chi connectivity index (χ0n) is 6.54. The molecule has 0 saturated carbocycles. The Hall–Kier alpha value is -1.20. The molecule has 0 aliphatic heterocycles. The van der Waals surface area contributed by atoms with Crippen LogP contribution in [0.5, 0.6) is 0 Å². The smallest absolute Gasteiger partial charge is 0.212 e. The van der Waals surface area contributed by atoms with Crippen LogP contribution in [-0.4, -0.2) is 14.6 Å². The van der Waals surface area contributed by atoms with Gasteiger partial charge in [-0.15, -0.1) is 11.3 Å². The molecule has 64 valence electrons. The minimum atomic E-state index is 0.948.